The molecule has 0 N–H and O–H groups in total. The number of rotatable bonds is 1. The van der Waals surface area contributed by atoms with Gasteiger partial charge in [-0.25, -0.2) is 0 Å². The topological polar surface area (TPSA) is 0 Å². The number of fused-ring (bicyclic) bond motifs is 2. The molecule has 1 radical (unpaired) electrons. The second kappa shape index (κ2) is 2.61. The Kier molecular flexibility index (Phi) is 1.56. The molecule has 0 amide bonds. The van der Waals surface area contributed by atoms with Crippen LogP contribution in [0.2, 0.25) is 0 Å². The van der Waals surface area contributed by atoms with Crippen LogP contribution in [0.1, 0.15) is 38.5 Å². The lowest BCUT2D eigenvalue weighted by Crippen LogP contribution is -2.15. The molecular formula is C12H17. The molecule has 0 saturated heterocycles. The molecule has 2 unspecified atom stereocenters. The lowest BCUT2D eigenvalue weighted by atomic mass is 9.81. The van der Waals surface area contributed by atoms with Gasteiger partial charge in [-0.3, -0.25) is 0 Å². The molecule has 0 spiro atoms. The first-order valence-electron chi connectivity index (χ1n) is 5.46. The van der Waals surface area contributed by atoms with Crippen molar-refractivity contribution in [3.8, 4) is 0 Å². The largest absolute Gasteiger partial charge is 0.0845 e. The van der Waals surface area contributed by atoms with Crippen molar-refractivity contribution in [1.82, 2.24) is 0 Å². The van der Waals surface area contributed by atoms with E-state index in [9.17, 15) is 0 Å². The predicted octanol–water partition coefficient (Wildman–Crippen LogP) is 3.35. The van der Waals surface area contributed by atoms with Crippen LogP contribution in [-0.4, -0.2) is 0 Å². The highest BCUT2D eigenvalue weighted by molar-refractivity contribution is 5.27. The minimum absolute atomic E-state index is 0.961. The van der Waals surface area contributed by atoms with E-state index in [1.54, 1.807) is 5.92 Å². The first-order valence-corrected chi connectivity index (χ1v) is 5.46. The van der Waals surface area contributed by atoms with E-state index in [4.69, 9.17) is 0 Å². The van der Waals surface area contributed by atoms with Crippen molar-refractivity contribution in [2.75, 3.05) is 0 Å². The molecule has 3 aliphatic carbocycles. The maximum Gasteiger partial charge on any atom is -0.00183 e. The van der Waals surface area contributed by atoms with E-state index >= 15 is 0 Å². The van der Waals surface area contributed by atoms with E-state index in [2.05, 4.69) is 12.2 Å². The van der Waals surface area contributed by atoms with E-state index in [-0.39, 0.29) is 0 Å². The minimum Gasteiger partial charge on any atom is -0.0845 e. The Balaban J connectivity index is 1.74. The molecule has 0 heterocycles. The van der Waals surface area contributed by atoms with Gasteiger partial charge in [-0.05, 0) is 36.5 Å². The Morgan fingerprint density at radius 1 is 1.08 bits per heavy atom. The molecular weight excluding hydrogens is 144 g/mol. The molecule has 0 aromatic carbocycles. The van der Waals surface area contributed by atoms with Gasteiger partial charge in [0.15, 0.2) is 0 Å². The van der Waals surface area contributed by atoms with Gasteiger partial charge >= 0.3 is 0 Å². The zero-order valence-corrected chi connectivity index (χ0v) is 7.63. The fourth-order valence-electron chi connectivity index (χ4n) is 3.50. The summed E-state index contributed by atoms with van der Waals surface area (Å²) in [6.07, 6.45) is 13.8. The summed E-state index contributed by atoms with van der Waals surface area (Å²) in [5, 5.41) is 0. The average Bonchev–Trinajstić information content (AvgIpc) is 2.81. The lowest BCUT2D eigenvalue weighted by molar-refractivity contribution is 0.298. The quantitative estimate of drug-likeness (QED) is 0.553. The van der Waals surface area contributed by atoms with Crippen molar-refractivity contribution in [1.29, 1.82) is 0 Å². The molecule has 2 fully saturated rings. The van der Waals surface area contributed by atoms with Crippen LogP contribution in [0.4, 0.5) is 0 Å². The van der Waals surface area contributed by atoms with Crippen molar-refractivity contribution in [3.63, 3.8) is 0 Å². The molecule has 3 aliphatic rings. The first kappa shape index (κ1) is 7.17. The zero-order chi connectivity index (χ0) is 7.97. The maximum absolute atomic E-state index is 2.47. The van der Waals surface area contributed by atoms with E-state index in [0.717, 1.165) is 17.8 Å². The minimum atomic E-state index is 0.961. The van der Waals surface area contributed by atoms with E-state index in [1.165, 1.54) is 38.5 Å². The van der Waals surface area contributed by atoms with Gasteiger partial charge in [0.05, 0.1) is 0 Å². The van der Waals surface area contributed by atoms with Crippen molar-refractivity contribution in [3.05, 3.63) is 18.1 Å². The normalized spacial score (nSPS) is 41.7. The van der Waals surface area contributed by atoms with Gasteiger partial charge in [-0.1, -0.05) is 37.8 Å². The molecule has 2 saturated carbocycles. The molecule has 12 heavy (non-hydrogen) atoms. The predicted molar refractivity (Wildman–Crippen MR) is 50.6 cm³/mol. The smallest absolute Gasteiger partial charge is 0.00183 e. The van der Waals surface area contributed by atoms with Crippen LogP contribution < -0.4 is 0 Å². The van der Waals surface area contributed by atoms with Crippen LogP contribution in [0.25, 0.3) is 0 Å². The average molecular weight is 161 g/mol. The SMILES string of the molecule is C1=CC2C[C]1CC2C1CCCC1. The molecule has 0 aromatic rings. The highest BCUT2D eigenvalue weighted by atomic mass is 14.4. The van der Waals surface area contributed by atoms with Crippen molar-refractivity contribution >= 4 is 0 Å². The molecule has 65 valence electrons. The molecule has 0 nitrogen and oxygen atoms in total. The highest BCUT2D eigenvalue weighted by Gasteiger charge is 2.40. The van der Waals surface area contributed by atoms with Gasteiger partial charge in [0.1, 0.15) is 0 Å². The number of allylic oxidation sites excluding steroid dienone is 2. The molecule has 2 atom stereocenters. The summed E-state index contributed by atoms with van der Waals surface area (Å²) in [7, 11) is 0. The monoisotopic (exact) mass is 161 g/mol. The third kappa shape index (κ3) is 0.967. The van der Waals surface area contributed by atoms with Crippen molar-refractivity contribution in [2.45, 2.75) is 38.5 Å². The number of hydrogen-bond donors (Lipinski definition) is 0. The summed E-state index contributed by atoms with van der Waals surface area (Å²) in [6.45, 7) is 0. The van der Waals surface area contributed by atoms with Gasteiger partial charge in [0, 0.05) is 0 Å². The van der Waals surface area contributed by atoms with E-state index in [0.29, 0.717) is 0 Å². The molecule has 3 rings (SSSR count). The lowest BCUT2D eigenvalue weighted by Gasteiger charge is -2.24. The summed E-state index contributed by atoms with van der Waals surface area (Å²) in [6, 6.07) is 0. The fraction of sp³-hybridized carbons (Fsp3) is 0.750. The van der Waals surface area contributed by atoms with Gasteiger partial charge < -0.3 is 0 Å². The number of hydrogen-bond acceptors (Lipinski definition) is 0. The van der Waals surface area contributed by atoms with Crippen LogP contribution in [0.3, 0.4) is 0 Å². The van der Waals surface area contributed by atoms with Gasteiger partial charge in [0.2, 0.25) is 0 Å². The van der Waals surface area contributed by atoms with Crippen LogP contribution in [0.5, 0.6) is 0 Å². The summed E-state index contributed by atoms with van der Waals surface area (Å²) in [5.41, 5.74) is 0. The third-order valence-corrected chi connectivity index (χ3v) is 4.13. The Bertz CT molecular complexity index is 198. The Morgan fingerprint density at radius 2 is 1.92 bits per heavy atom. The summed E-state index contributed by atoms with van der Waals surface area (Å²) in [5.74, 6) is 4.87. The second-order valence-electron chi connectivity index (χ2n) is 4.80. The van der Waals surface area contributed by atoms with Gasteiger partial charge in [-0.2, -0.15) is 0 Å². The molecule has 2 bridgehead atoms. The summed E-state index contributed by atoms with van der Waals surface area (Å²) >= 11 is 0. The van der Waals surface area contributed by atoms with Gasteiger partial charge in [-0.15, -0.1) is 0 Å². The van der Waals surface area contributed by atoms with Gasteiger partial charge in [0.25, 0.3) is 0 Å². The van der Waals surface area contributed by atoms with Crippen LogP contribution in [0, 0.1) is 23.7 Å². The zero-order valence-electron chi connectivity index (χ0n) is 7.63. The first-order chi connectivity index (χ1) is 5.93. The van der Waals surface area contributed by atoms with Crippen LogP contribution in [0.15, 0.2) is 12.2 Å². The molecule has 0 heteroatoms. The van der Waals surface area contributed by atoms with E-state index in [1.807, 2.05) is 0 Å². The summed E-state index contributed by atoms with van der Waals surface area (Å²) < 4.78 is 0. The Morgan fingerprint density at radius 3 is 2.50 bits per heavy atom. The molecule has 0 aliphatic heterocycles. The standard InChI is InChI=1S/C12H17/c1-2-4-10(3-1)12-8-9-5-6-11(12)7-9/h5-6,10-12H,1-4,7-8H2. The maximum atomic E-state index is 2.47. The van der Waals surface area contributed by atoms with Crippen molar-refractivity contribution in [2.24, 2.45) is 17.8 Å². The summed E-state index contributed by atoms with van der Waals surface area (Å²) in [4.78, 5) is 0. The Hall–Kier alpha value is -0.260. The van der Waals surface area contributed by atoms with Crippen molar-refractivity contribution < 1.29 is 0 Å². The van der Waals surface area contributed by atoms with Crippen LogP contribution in [-0.2, 0) is 0 Å². The molecule has 0 aromatic heterocycles. The fourth-order valence-corrected chi connectivity index (χ4v) is 3.50. The van der Waals surface area contributed by atoms with Crippen LogP contribution >= 0.6 is 0 Å². The third-order valence-electron chi connectivity index (χ3n) is 4.13. The Labute approximate surface area is 75.0 Å². The van der Waals surface area contributed by atoms with E-state index < -0.39 is 0 Å². The highest BCUT2D eigenvalue weighted by Crippen LogP contribution is 2.51. The second-order valence-corrected chi connectivity index (χ2v) is 4.80.